The van der Waals surface area contributed by atoms with Gasteiger partial charge in [0.1, 0.15) is 5.60 Å². The summed E-state index contributed by atoms with van der Waals surface area (Å²) in [5.74, 6) is 0.0456. The van der Waals surface area contributed by atoms with Crippen LogP contribution >= 0.6 is 0 Å². The smallest absolute Gasteiger partial charge is 0.444 e. The summed E-state index contributed by atoms with van der Waals surface area (Å²) >= 11 is 0. The van der Waals surface area contributed by atoms with Crippen LogP contribution in [0, 0.1) is 0 Å². The Morgan fingerprint density at radius 1 is 1.15 bits per heavy atom. The third kappa shape index (κ3) is 6.06. The molecule has 1 aromatic heterocycles. The highest BCUT2D eigenvalue weighted by Crippen LogP contribution is 2.36. The van der Waals surface area contributed by atoms with Gasteiger partial charge in [0.2, 0.25) is 5.91 Å². The summed E-state index contributed by atoms with van der Waals surface area (Å²) in [6.45, 7) is 14.9. The van der Waals surface area contributed by atoms with E-state index >= 15 is 0 Å². The Labute approximate surface area is 198 Å². The lowest BCUT2D eigenvalue weighted by atomic mass is 9.80. The van der Waals surface area contributed by atoms with Crippen molar-refractivity contribution in [3.05, 3.63) is 24.0 Å². The monoisotopic (exact) mass is 459 g/mol. The zero-order valence-electron chi connectivity index (χ0n) is 21.3. The fourth-order valence-corrected chi connectivity index (χ4v) is 3.91. The van der Waals surface area contributed by atoms with Crippen LogP contribution in [0.15, 0.2) is 18.3 Å². The summed E-state index contributed by atoms with van der Waals surface area (Å²) in [7, 11) is 1.30. The summed E-state index contributed by atoms with van der Waals surface area (Å²) < 4.78 is 17.6. The van der Waals surface area contributed by atoms with Crippen LogP contribution in [-0.4, -0.2) is 76.9 Å². The quantitative estimate of drug-likeness (QED) is 0.645. The first-order valence-corrected chi connectivity index (χ1v) is 11.7. The lowest BCUT2D eigenvalue weighted by Crippen LogP contribution is -2.48. The Morgan fingerprint density at radius 3 is 2.21 bits per heavy atom. The van der Waals surface area contributed by atoms with Gasteiger partial charge in [-0.05, 0) is 67.4 Å². The van der Waals surface area contributed by atoms with E-state index in [9.17, 15) is 9.59 Å². The SMILES string of the molecule is CN(C(=O)OC(C)(C)C)C1CCN(C(=O)Cc2ccc(B3OC(C)(C)C(C)(C)O3)cn2)CC1. The van der Waals surface area contributed by atoms with E-state index in [2.05, 4.69) is 4.98 Å². The van der Waals surface area contributed by atoms with Gasteiger partial charge in [0.25, 0.3) is 0 Å². The number of amides is 2. The third-order valence-electron chi connectivity index (χ3n) is 6.75. The van der Waals surface area contributed by atoms with E-state index < -0.39 is 23.9 Å². The standard InChI is InChI=1S/C24H38BN3O5/c1-22(2,3)31-21(30)27(8)19-11-13-28(14-12-19)20(29)15-18-10-9-17(16-26-18)25-32-23(4,5)24(6,7)33-25/h9-10,16,19H,11-15H2,1-8H3. The molecule has 0 N–H and O–H groups in total. The first kappa shape index (κ1) is 25.5. The van der Waals surface area contributed by atoms with Gasteiger partial charge < -0.3 is 23.8 Å². The van der Waals surface area contributed by atoms with Crippen molar-refractivity contribution in [2.24, 2.45) is 0 Å². The Balaban J connectivity index is 1.50. The Morgan fingerprint density at radius 2 is 1.73 bits per heavy atom. The maximum absolute atomic E-state index is 12.8. The highest BCUT2D eigenvalue weighted by molar-refractivity contribution is 6.62. The van der Waals surface area contributed by atoms with Crippen LogP contribution in [0.4, 0.5) is 4.79 Å². The normalized spacial score (nSPS) is 20.6. The second-order valence-corrected chi connectivity index (χ2v) is 11.1. The molecule has 3 rings (SSSR count). The van der Waals surface area contributed by atoms with Gasteiger partial charge in [0, 0.05) is 43.5 Å². The van der Waals surface area contributed by atoms with Gasteiger partial charge in [-0.2, -0.15) is 0 Å². The molecule has 2 fully saturated rings. The molecule has 33 heavy (non-hydrogen) atoms. The molecule has 8 nitrogen and oxygen atoms in total. The molecule has 0 spiro atoms. The number of rotatable bonds is 4. The van der Waals surface area contributed by atoms with Crippen molar-refractivity contribution in [3.8, 4) is 0 Å². The largest absolute Gasteiger partial charge is 0.496 e. The number of ether oxygens (including phenoxy) is 1. The Kier molecular flexibility index (Phi) is 7.15. The van der Waals surface area contributed by atoms with Crippen molar-refractivity contribution in [3.63, 3.8) is 0 Å². The van der Waals surface area contributed by atoms with Gasteiger partial charge in [-0.15, -0.1) is 0 Å². The van der Waals surface area contributed by atoms with E-state index in [0.717, 1.165) is 18.3 Å². The third-order valence-corrected chi connectivity index (χ3v) is 6.75. The number of likely N-dealkylation sites (tertiary alicyclic amines) is 1. The maximum Gasteiger partial charge on any atom is 0.496 e. The van der Waals surface area contributed by atoms with Gasteiger partial charge in [-0.3, -0.25) is 9.78 Å². The predicted octanol–water partition coefficient (Wildman–Crippen LogP) is 2.78. The van der Waals surface area contributed by atoms with Crippen LogP contribution in [0.3, 0.4) is 0 Å². The lowest BCUT2D eigenvalue weighted by molar-refractivity contribution is -0.131. The van der Waals surface area contributed by atoms with Crippen molar-refractivity contribution >= 4 is 24.6 Å². The van der Waals surface area contributed by atoms with Crippen molar-refractivity contribution in [1.29, 1.82) is 0 Å². The first-order chi connectivity index (χ1) is 15.2. The fourth-order valence-electron chi connectivity index (χ4n) is 3.91. The van der Waals surface area contributed by atoms with E-state index in [-0.39, 0.29) is 24.5 Å². The van der Waals surface area contributed by atoms with Crippen LogP contribution < -0.4 is 5.46 Å². The van der Waals surface area contributed by atoms with Crippen molar-refractivity contribution < 1.29 is 23.6 Å². The molecule has 0 aromatic carbocycles. The van der Waals surface area contributed by atoms with Crippen molar-refractivity contribution in [2.45, 2.75) is 90.6 Å². The molecule has 9 heteroatoms. The maximum atomic E-state index is 12.8. The zero-order valence-corrected chi connectivity index (χ0v) is 21.3. The highest BCUT2D eigenvalue weighted by atomic mass is 16.7. The topological polar surface area (TPSA) is 81.2 Å². The minimum atomic E-state index is -0.521. The number of hydrogen-bond acceptors (Lipinski definition) is 6. The van der Waals surface area contributed by atoms with Gasteiger partial charge >= 0.3 is 13.2 Å². The second kappa shape index (κ2) is 9.26. The molecule has 2 amide bonds. The molecule has 3 heterocycles. The molecule has 0 unspecified atom stereocenters. The number of carbonyl (C=O) groups is 2. The molecular formula is C24H38BN3O5. The number of nitrogens with zero attached hydrogens (tertiary/aromatic N) is 3. The molecular weight excluding hydrogens is 421 g/mol. The predicted molar refractivity (Wildman–Crippen MR) is 127 cm³/mol. The van der Waals surface area contributed by atoms with E-state index in [0.29, 0.717) is 18.8 Å². The Hall–Kier alpha value is -2.13. The lowest BCUT2D eigenvalue weighted by Gasteiger charge is -2.37. The van der Waals surface area contributed by atoms with E-state index in [1.54, 1.807) is 18.1 Å². The minimum Gasteiger partial charge on any atom is -0.444 e. The van der Waals surface area contributed by atoms with Crippen LogP contribution in [-0.2, 0) is 25.3 Å². The van der Waals surface area contributed by atoms with Crippen LogP contribution in [0.1, 0.15) is 67.0 Å². The van der Waals surface area contributed by atoms with Gasteiger partial charge in [0.15, 0.2) is 0 Å². The molecule has 0 radical (unpaired) electrons. The number of carbonyl (C=O) groups excluding carboxylic acids is 2. The summed E-state index contributed by atoms with van der Waals surface area (Å²) in [6.07, 6.45) is 3.12. The highest BCUT2D eigenvalue weighted by Gasteiger charge is 2.51. The second-order valence-electron chi connectivity index (χ2n) is 11.1. The molecule has 182 valence electrons. The number of pyridine rings is 1. The summed E-state index contributed by atoms with van der Waals surface area (Å²) in [6, 6.07) is 3.85. The summed E-state index contributed by atoms with van der Waals surface area (Å²) in [4.78, 5) is 33.1. The fraction of sp³-hybridized carbons (Fsp3) is 0.708. The van der Waals surface area contributed by atoms with Crippen molar-refractivity contribution in [1.82, 2.24) is 14.8 Å². The number of hydrogen-bond donors (Lipinski definition) is 0. The molecule has 0 saturated carbocycles. The molecule has 0 bridgehead atoms. The Bertz CT molecular complexity index is 842. The first-order valence-electron chi connectivity index (χ1n) is 11.7. The van der Waals surface area contributed by atoms with Gasteiger partial charge in [-0.25, -0.2) is 4.79 Å². The summed E-state index contributed by atoms with van der Waals surface area (Å²) in [5, 5.41) is 0. The molecule has 2 aliphatic rings. The number of aromatic nitrogens is 1. The molecule has 2 saturated heterocycles. The van der Waals surface area contributed by atoms with E-state index in [4.69, 9.17) is 14.0 Å². The molecule has 0 atom stereocenters. The van der Waals surface area contributed by atoms with Gasteiger partial charge in [0.05, 0.1) is 17.6 Å². The van der Waals surface area contributed by atoms with Gasteiger partial charge in [-0.1, -0.05) is 6.07 Å². The summed E-state index contributed by atoms with van der Waals surface area (Å²) in [5.41, 5.74) is 0.225. The molecule has 0 aliphatic carbocycles. The molecule has 1 aromatic rings. The van der Waals surface area contributed by atoms with E-state index in [1.165, 1.54) is 0 Å². The van der Waals surface area contributed by atoms with Crippen LogP contribution in [0.25, 0.3) is 0 Å². The van der Waals surface area contributed by atoms with Crippen LogP contribution in [0.2, 0.25) is 0 Å². The average Bonchev–Trinajstić information content (AvgIpc) is 2.94. The molecule has 2 aliphatic heterocycles. The van der Waals surface area contributed by atoms with Crippen LogP contribution in [0.5, 0.6) is 0 Å². The number of piperidine rings is 1. The minimum absolute atomic E-state index is 0.0456. The van der Waals surface area contributed by atoms with E-state index in [1.807, 2.05) is 65.5 Å². The average molecular weight is 459 g/mol. The zero-order chi connectivity index (χ0) is 24.6. The van der Waals surface area contributed by atoms with Crippen molar-refractivity contribution in [2.75, 3.05) is 20.1 Å².